The van der Waals surface area contributed by atoms with Gasteiger partial charge in [-0.1, -0.05) is 35.3 Å². The highest BCUT2D eigenvalue weighted by Gasteiger charge is 2.41. The first-order chi connectivity index (χ1) is 22.8. The monoisotopic (exact) mass is 680 g/mol. The molecule has 11 heteroatoms. The van der Waals surface area contributed by atoms with Crippen LogP contribution < -0.4 is 24.8 Å². The van der Waals surface area contributed by atoms with Gasteiger partial charge in [-0.25, -0.2) is 4.98 Å². The molecule has 2 bridgehead atoms. The molecule has 1 saturated carbocycles. The molecule has 9 nitrogen and oxygen atoms in total. The molecule has 2 atom stereocenters. The smallest absolute Gasteiger partial charge is 0.252 e. The van der Waals surface area contributed by atoms with Crippen LogP contribution >= 0.6 is 23.2 Å². The van der Waals surface area contributed by atoms with Crippen molar-refractivity contribution >= 4 is 34.7 Å². The number of benzene rings is 2. The van der Waals surface area contributed by atoms with Gasteiger partial charge < -0.3 is 34.9 Å². The van der Waals surface area contributed by atoms with Crippen molar-refractivity contribution in [3.05, 3.63) is 86.5 Å². The third kappa shape index (κ3) is 8.04. The predicted octanol–water partition coefficient (Wildman–Crippen LogP) is 5.50. The number of aliphatic hydroxyl groups excluding tert-OH is 1. The van der Waals surface area contributed by atoms with E-state index >= 15 is 0 Å². The molecule has 1 saturated heterocycles. The summed E-state index contributed by atoms with van der Waals surface area (Å²) in [5.41, 5.74) is 5.86. The van der Waals surface area contributed by atoms with E-state index in [0.717, 1.165) is 59.2 Å². The number of fused-ring (bicyclic) bond motifs is 2. The lowest BCUT2D eigenvalue weighted by Crippen LogP contribution is -2.60. The molecular weight excluding hydrogens is 639 g/mol. The van der Waals surface area contributed by atoms with Crippen molar-refractivity contribution in [2.75, 3.05) is 39.5 Å². The average molecular weight is 682 g/mol. The second-order valence-electron chi connectivity index (χ2n) is 12.4. The summed E-state index contributed by atoms with van der Waals surface area (Å²) >= 11 is 12.6. The summed E-state index contributed by atoms with van der Waals surface area (Å²) in [6, 6.07) is 14.0. The van der Waals surface area contributed by atoms with Crippen molar-refractivity contribution in [2.45, 2.75) is 64.2 Å². The Balaban J connectivity index is 1.19. The van der Waals surface area contributed by atoms with Gasteiger partial charge in [0.15, 0.2) is 5.75 Å². The first kappa shape index (κ1) is 33.6. The third-order valence-corrected chi connectivity index (χ3v) is 9.44. The fourth-order valence-electron chi connectivity index (χ4n) is 6.31. The third-order valence-electron chi connectivity index (χ3n) is 8.87. The zero-order valence-corrected chi connectivity index (χ0v) is 28.4. The van der Waals surface area contributed by atoms with Gasteiger partial charge in [-0.15, -0.1) is 0 Å². The van der Waals surface area contributed by atoms with Gasteiger partial charge in [0.05, 0.1) is 22.7 Å². The normalized spacial score (nSPS) is 19.0. The van der Waals surface area contributed by atoms with Crippen molar-refractivity contribution in [2.24, 2.45) is 0 Å². The second kappa shape index (κ2) is 15.3. The number of amides is 1. The SMILES string of the molecule is Cc1cc(Cl)c(OCCOc2ccc(C3=C(C(=O)N(Cc4ccnc(OCCCO)c4C)C4CC4)C4CNCC(C3)N4)cc2)c(Cl)c1. The second-order valence-corrected chi connectivity index (χ2v) is 13.3. The van der Waals surface area contributed by atoms with Crippen LogP contribution in [0.2, 0.25) is 10.0 Å². The molecular formula is C36H42Cl2N4O5. The summed E-state index contributed by atoms with van der Waals surface area (Å²) in [6.07, 6.45) is 5.02. The number of halogens is 2. The Morgan fingerprint density at radius 3 is 2.47 bits per heavy atom. The summed E-state index contributed by atoms with van der Waals surface area (Å²) in [4.78, 5) is 21.0. The Hall–Kier alpha value is -3.34. The van der Waals surface area contributed by atoms with Crippen LogP contribution in [-0.4, -0.2) is 78.5 Å². The minimum atomic E-state index is -0.0735. The van der Waals surface area contributed by atoms with Crippen LogP contribution in [0.5, 0.6) is 17.4 Å². The van der Waals surface area contributed by atoms with Crippen LogP contribution in [0.1, 0.15) is 47.9 Å². The number of nitrogens with zero attached hydrogens (tertiary/aromatic N) is 2. The predicted molar refractivity (Wildman–Crippen MR) is 183 cm³/mol. The maximum absolute atomic E-state index is 14.6. The van der Waals surface area contributed by atoms with Gasteiger partial charge in [-0.3, -0.25) is 4.79 Å². The number of pyridine rings is 1. The molecule has 3 N–H and O–H groups in total. The van der Waals surface area contributed by atoms with E-state index in [0.29, 0.717) is 66.8 Å². The van der Waals surface area contributed by atoms with E-state index in [1.807, 2.05) is 61.2 Å². The van der Waals surface area contributed by atoms with Crippen molar-refractivity contribution in [1.82, 2.24) is 20.5 Å². The van der Waals surface area contributed by atoms with Crippen LogP contribution in [0.25, 0.3) is 5.57 Å². The molecule has 1 aliphatic carbocycles. The zero-order chi connectivity index (χ0) is 32.9. The number of nitrogens with one attached hydrogen (secondary N) is 2. The number of aliphatic hydroxyl groups is 1. The molecule has 47 heavy (non-hydrogen) atoms. The van der Waals surface area contributed by atoms with Gasteiger partial charge >= 0.3 is 0 Å². The van der Waals surface area contributed by atoms with Gasteiger partial charge in [0.2, 0.25) is 5.88 Å². The topological polar surface area (TPSA) is 105 Å². The van der Waals surface area contributed by atoms with E-state index in [-0.39, 0.29) is 30.6 Å². The van der Waals surface area contributed by atoms with Gasteiger partial charge in [0.25, 0.3) is 5.91 Å². The lowest BCUT2D eigenvalue weighted by molar-refractivity contribution is -0.128. The number of aromatic nitrogens is 1. The Bertz CT molecular complexity index is 1590. The maximum atomic E-state index is 14.6. The number of carbonyl (C=O) groups is 1. The zero-order valence-electron chi connectivity index (χ0n) is 26.9. The maximum Gasteiger partial charge on any atom is 0.252 e. The van der Waals surface area contributed by atoms with Crippen LogP contribution in [0.3, 0.4) is 0 Å². The van der Waals surface area contributed by atoms with Crippen molar-refractivity contribution in [3.8, 4) is 17.4 Å². The van der Waals surface area contributed by atoms with E-state index in [9.17, 15) is 4.79 Å². The molecule has 250 valence electrons. The molecule has 1 aromatic heterocycles. The first-order valence-electron chi connectivity index (χ1n) is 16.3. The van der Waals surface area contributed by atoms with E-state index < -0.39 is 0 Å². The number of carbonyl (C=O) groups excluding carboxylic acids is 1. The highest BCUT2D eigenvalue weighted by Crippen LogP contribution is 2.38. The van der Waals surface area contributed by atoms with E-state index in [4.69, 9.17) is 42.5 Å². The standard InChI is InChI=1S/C36H42Cl2N4O5/c1-22-16-30(37)34(31(38)17-22)46-15-14-45-28-8-4-24(5-9-28)29-18-26-19-39-20-32(41-26)33(29)36(44)42(27-6-7-27)21-25-10-11-40-35(23(25)2)47-13-3-12-43/h4-5,8-11,16-17,26-27,32,39,41,43H,3,6-7,12-15,18-21H2,1-2H3. The Morgan fingerprint density at radius 2 is 1.74 bits per heavy atom. The minimum absolute atomic E-state index is 0.0652. The van der Waals surface area contributed by atoms with E-state index in [1.54, 1.807) is 6.20 Å². The first-order valence-corrected chi connectivity index (χ1v) is 17.1. The number of piperazine rings is 1. The van der Waals surface area contributed by atoms with Crippen LogP contribution in [0.4, 0.5) is 0 Å². The van der Waals surface area contributed by atoms with E-state index in [2.05, 4.69) is 15.6 Å². The molecule has 2 aliphatic heterocycles. The summed E-state index contributed by atoms with van der Waals surface area (Å²) in [5, 5.41) is 17.3. The largest absolute Gasteiger partial charge is 0.490 e. The van der Waals surface area contributed by atoms with Crippen molar-refractivity contribution in [3.63, 3.8) is 0 Å². The Kier molecular flexibility index (Phi) is 10.9. The number of rotatable bonds is 14. The molecule has 3 aliphatic rings. The molecule has 6 rings (SSSR count). The van der Waals surface area contributed by atoms with Crippen LogP contribution in [0, 0.1) is 13.8 Å². The Morgan fingerprint density at radius 1 is 1.00 bits per heavy atom. The molecule has 3 heterocycles. The lowest BCUT2D eigenvalue weighted by Gasteiger charge is -2.41. The fraction of sp³-hybridized carbons (Fsp3) is 0.444. The molecule has 0 spiro atoms. The molecule has 3 aromatic rings. The van der Waals surface area contributed by atoms with E-state index in [1.165, 1.54) is 0 Å². The number of ether oxygens (including phenoxy) is 3. The Labute approximate surface area is 286 Å². The molecule has 1 amide bonds. The molecule has 2 aromatic carbocycles. The van der Waals surface area contributed by atoms with Gasteiger partial charge in [0.1, 0.15) is 19.0 Å². The van der Waals surface area contributed by atoms with Gasteiger partial charge in [-0.05, 0) is 85.7 Å². The lowest BCUT2D eigenvalue weighted by atomic mass is 9.83. The number of hydrogen-bond acceptors (Lipinski definition) is 8. The summed E-state index contributed by atoms with van der Waals surface area (Å²) in [7, 11) is 0. The van der Waals surface area contributed by atoms with Gasteiger partial charge in [0, 0.05) is 62.1 Å². The quantitative estimate of drug-likeness (QED) is 0.192. The fourth-order valence-corrected chi connectivity index (χ4v) is 7.02. The molecule has 0 radical (unpaired) electrons. The highest BCUT2D eigenvalue weighted by atomic mass is 35.5. The molecule has 2 unspecified atom stereocenters. The van der Waals surface area contributed by atoms with Crippen molar-refractivity contribution < 1.29 is 24.1 Å². The number of aryl methyl sites for hydroxylation is 1. The summed E-state index contributed by atoms with van der Waals surface area (Å²) in [6.45, 7) is 7.04. The summed E-state index contributed by atoms with van der Waals surface area (Å²) < 4.78 is 17.6. The summed E-state index contributed by atoms with van der Waals surface area (Å²) in [5.74, 6) is 1.80. The van der Waals surface area contributed by atoms with Crippen molar-refractivity contribution in [1.29, 1.82) is 0 Å². The van der Waals surface area contributed by atoms with Gasteiger partial charge in [-0.2, -0.15) is 0 Å². The van der Waals surface area contributed by atoms with Crippen LogP contribution in [0.15, 0.2) is 54.2 Å². The molecule has 2 fully saturated rings. The van der Waals surface area contributed by atoms with Crippen LogP contribution in [-0.2, 0) is 11.3 Å². The average Bonchev–Trinajstić information content (AvgIpc) is 3.90. The highest BCUT2D eigenvalue weighted by molar-refractivity contribution is 6.37. The minimum Gasteiger partial charge on any atom is -0.490 e. The number of hydrogen-bond donors (Lipinski definition) is 3.